The molecule has 170 valence electrons. The van der Waals surface area contributed by atoms with Gasteiger partial charge in [-0.25, -0.2) is 9.18 Å². The first-order chi connectivity index (χ1) is 15.0. The van der Waals surface area contributed by atoms with Crippen LogP contribution in [0.25, 0.3) is 22.5 Å². The minimum absolute atomic E-state index is 0.301. The Bertz CT molecular complexity index is 1090. The molecule has 0 saturated carbocycles. The number of halogens is 4. The highest BCUT2D eigenvalue weighted by molar-refractivity contribution is 5.73. The molecule has 0 spiro atoms. The molecule has 1 saturated heterocycles. The van der Waals surface area contributed by atoms with Gasteiger partial charge in [0.25, 0.3) is 0 Å². The van der Waals surface area contributed by atoms with E-state index in [1.807, 2.05) is 25.4 Å². The van der Waals surface area contributed by atoms with Crippen LogP contribution in [0.3, 0.4) is 0 Å². The van der Waals surface area contributed by atoms with Crippen LogP contribution in [-0.4, -0.2) is 55.4 Å². The lowest BCUT2D eigenvalue weighted by molar-refractivity contribution is -0.192. The third-order valence-electron chi connectivity index (χ3n) is 4.74. The molecule has 1 aliphatic rings. The first-order valence-electron chi connectivity index (χ1n) is 9.37. The number of hydrogen-bond acceptors (Lipinski definition) is 6. The number of alkyl halides is 3. The zero-order chi connectivity index (χ0) is 23.5. The molecule has 1 aromatic carbocycles. The van der Waals surface area contributed by atoms with E-state index in [0.29, 0.717) is 24.4 Å². The van der Waals surface area contributed by atoms with E-state index in [-0.39, 0.29) is 5.82 Å². The van der Waals surface area contributed by atoms with Gasteiger partial charge in [-0.05, 0) is 49.4 Å². The highest BCUT2D eigenvalue weighted by Gasteiger charge is 2.38. The number of nitrogens with zero attached hydrogens (tertiary/aromatic N) is 4. The van der Waals surface area contributed by atoms with Gasteiger partial charge in [-0.3, -0.25) is 4.68 Å². The smallest absolute Gasteiger partial charge is 0.475 e. The summed E-state index contributed by atoms with van der Waals surface area (Å²) >= 11 is 0. The number of nitrogens with one attached hydrogen (secondary N) is 1. The van der Waals surface area contributed by atoms with Crippen LogP contribution in [0.4, 0.5) is 17.6 Å². The van der Waals surface area contributed by atoms with Gasteiger partial charge in [0.1, 0.15) is 17.1 Å². The first-order valence-corrected chi connectivity index (χ1v) is 9.37. The number of benzene rings is 1. The zero-order valence-electron chi connectivity index (χ0n) is 16.8. The molecule has 2 aromatic heterocycles. The summed E-state index contributed by atoms with van der Waals surface area (Å²) in [7, 11) is 1.84. The highest BCUT2D eigenvalue weighted by Crippen LogP contribution is 2.35. The zero-order valence-corrected chi connectivity index (χ0v) is 16.8. The summed E-state index contributed by atoms with van der Waals surface area (Å²) in [6, 6.07) is 9.83. The summed E-state index contributed by atoms with van der Waals surface area (Å²) in [5, 5.41) is 34.3. The van der Waals surface area contributed by atoms with Gasteiger partial charge in [-0.15, -0.1) is 0 Å². The molecule has 1 unspecified atom stereocenters. The average Bonchev–Trinajstić information content (AvgIpc) is 3.37. The Hall–Kier alpha value is -3.38. The van der Waals surface area contributed by atoms with Crippen LogP contribution < -0.4 is 5.32 Å². The van der Waals surface area contributed by atoms with Crippen LogP contribution in [0.1, 0.15) is 12.1 Å². The van der Waals surface area contributed by atoms with E-state index in [2.05, 4.69) is 20.6 Å². The van der Waals surface area contributed by atoms with Crippen molar-refractivity contribution in [2.45, 2.75) is 18.2 Å². The minimum atomic E-state index is -5.08. The summed E-state index contributed by atoms with van der Waals surface area (Å²) in [4.78, 5) is 8.90. The predicted molar refractivity (Wildman–Crippen MR) is 105 cm³/mol. The van der Waals surface area contributed by atoms with Crippen LogP contribution >= 0.6 is 0 Å². The molecule has 0 bridgehead atoms. The molecule has 0 radical (unpaired) electrons. The molecule has 3 N–H and O–H groups in total. The Morgan fingerprint density at radius 1 is 1.16 bits per heavy atom. The number of aliphatic hydroxyl groups is 1. The standard InChI is InChI=1S/C18H18FN5O.C2HF3O2/c1-24-9-6-15(23-24)14-10-16(12-2-4-13(19)5-3-12)21-22-17(14)18(25)7-8-20-11-18;3-2(4,5)1(6)7/h2-6,9-10,20,25H,7-8,11H2,1H3;(H,6,7). The maximum Gasteiger partial charge on any atom is 0.490 e. The second-order valence-electron chi connectivity index (χ2n) is 7.13. The predicted octanol–water partition coefficient (Wildman–Crippen LogP) is 2.50. The largest absolute Gasteiger partial charge is 0.490 e. The molecular formula is C20H19F4N5O3. The van der Waals surface area contributed by atoms with Crippen molar-refractivity contribution >= 4 is 5.97 Å². The summed E-state index contributed by atoms with van der Waals surface area (Å²) < 4.78 is 46.6. The molecule has 0 aliphatic carbocycles. The van der Waals surface area contributed by atoms with E-state index in [0.717, 1.165) is 23.4 Å². The van der Waals surface area contributed by atoms with Gasteiger partial charge in [0.15, 0.2) is 0 Å². The van der Waals surface area contributed by atoms with Gasteiger partial charge in [-0.2, -0.15) is 28.5 Å². The molecule has 12 heteroatoms. The number of aryl methyl sites for hydroxylation is 1. The summed E-state index contributed by atoms with van der Waals surface area (Å²) in [6.45, 7) is 1.15. The molecule has 32 heavy (non-hydrogen) atoms. The van der Waals surface area contributed by atoms with Crippen molar-refractivity contribution in [1.82, 2.24) is 25.3 Å². The van der Waals surface area contributed by atoms with Gasteiger partial charge in [0.05, 0.1) is 11.4 Å². The van der Waals surface area contributed by atoms with Crippen LogP contribution in [0.5, 0.6) is 0 Å². The Kier molecular flexibility index (Phi) is 6.55. The molecule has 1 atom stereocenters. The quantitative estimate of drug-likeness (QED) is 0.523. The van der Waals surface area contributed by atoms with E-state index in [9.17, 15) is 22.7 Å². The van der Waals surface area contributed by atoms with E-state index in [1.165, 1.54) is 12.1 Å². The Labute approximate surface area is 179 Å². The highest BCUT2D eigenvalue weighted by atomic mass is 19.4. The topological polar surface area (TPSA) is 113 Å². The van der Waals surface area contributed by atoms with E-state index in [1.54, 1.807) is 16.8 Å². The normalized spacial score (nSPS) is 18.2. The van der Waals surface area contributed by atoms with Crippen LogP contribution in [0.15, 0.2) is 42.6 Å². The molecule has 0 amide bonds. The lowest BCUT2D eigenvalue weighted by atomic mass is 9.92. The van der Waals surface area contributed by atoms with Crippen molar-refractivity contribution in [3.63, 3.8) is 0 Å². The molecule has 8 nitrogen and oxygen atoms in total. The fourth-order valence-corrected chi connectivity index (χ4v) is 3.13. The summed E-state index contributed by atoms with van der Waals surface area (Å²) in [5.74, 6) is -3.06. The third kappa shape index (κ3) is 5.26. The second-order valence-corrected chi connectivity index (χ2v) is 7.13. The SMILES string of the molecule is Cn1ccc(-c2cc(-c3ccc(F)cc3)nnc2C2(O)CCNC2)n1.O=C(O)C(F)(F)F. The van der Waals surface area contributed by atoms with Gasteiger partial charge >= 0.3 is 12.1 Å². The third-order valence-corrected chi connectivity index (χ3v) is 4.74. The maximum absolute atomic E-state index is 13.2. The van der Waals surface area contributed by atoms with Crippen molar-refractivity contribution in [2.75, 3.05) is 13.1 Å². The summed E-state index contributed by atoms with van der Waals surface area (Å²) in [5.41, 5.74) is 2.27. The second kappa shape index (κ2) is 9.01. The molecule has 3 aromatic rings. The minimum Gasteiger partial charge on any atom is -0.475 e. The lowest BCUT2D eigenvalue weighted by Crippen LogP contribution is -2.30. The van der Waals surface area contributed by atoms with Gasteiger partial charge in [0.2, 0.25) is 0 Å². The Balaban J connectivity index is 0.000000360. The fraction of sp³-hybridized carbons (Fsp3) is 0.300. The number of aliphatic carboxylic acids is 1. The van der Waals surface area contributed by atoms with E-state index < -0.39 is 17.7 Å². The summed E-state index contributed by atoms with van der Waals surface area (Å²) in [6.07, 6.45) is -2.68. The number of β-amino-alcohol motifs (C(OH)–C–C–N with tert-alkyl or cyclic N) is 1. The van der Waals surface area contributed by atoms with Crippen molar-refractivity contribution in [2.24, 2.45) is 7.05 Å². The molecule has 1 aliphatic heterocycles. The number of hydrogen-bond donors (Lipinski definition) is 3. The fourth-order valence-electron chi connectivity index (χ4n) is 3.13. The molecule has 1 fully saturated rings. The van der Waals surface area contributed by atoms with Crippen molar-refractivity contribution in [3.8, 4) is 22.5 Å². The van der Waals surface area contributed by atoms with Gasteiger partial charge < -0.3 is 15.5 Å². The number of carboxylic acids is 1. The van der Waals surface area contributed by atoms with Crippen molar-refractivity contribution in [1.29, 1.82) is 0 Å². The lowest BCUT2D eigenvalue weighted by Gasteiger charge is -2.22. The van der Waals surface area contributed by atoms with Crippen molar-refractivity contribution in [3.05, 3.63) is 54.1 Å². The molecule has 4 rings (SSSR count). The Morgan fingerprint density at radius 3 is 2.31 bits per heavy atom. The van der Waals surface area contributed by atoms with Gasteiger partial charge in [0, 0.05) is 30.9 Å². The number of aromatic nitrogens is 4. The van der Waals surface area contributed by atoms with Crippen LogP contribution in [0, 0.1) is 5.82 Å². The van der Waals surface area contributed by atoms with Gasteiger partial charge in [-0.1, -0.05) is 0 Å². The van der Waals surface area contributed by atoms with Crippen molar-refractivity contribution < 1.29 is 32.6 Å². The molecule has 3 heterocycles. The van der Waals surface area contributed by atoms with Crippen LogP contribution in [0.2, 0.25) is 0 Å². The monoisotopic (exact) mass is 453 g/mol. The van der Waals surface area contributed by atoms with E-state index >= 15 is 0 Å². The first kappa shape index (κ1) is 23.3. The number of carbonyl (C=O) groups is 1. The number of rotatable bonds is 3. The molecular weight excluding hydrogens is 434 g/mol. The number of carboxylic acid groups (broad SMARTS) is 1. The maximum atomic E-state index is 13.2. The van der Waals surface area contributed by atoms with Crippen LogP contribution in [-0.2, 0) is 17.4 Å². The Morgan fingerprint density at radius 2 is 1.81 bits per heavy atom. The van der Waals surface area contributed by atoms with E-state index in [4.69, 9.17) is 9.90 Å². The average molecular weight is 453 g/mol.